The van der Waals surface area contributed by atoms with Gasteiger partial charge in [0.2, 0.25) is 0 Å². The first-order chi connectivity index (χ1) is 8.29. The zero-order chi connectivity index (χ0) is 12.1. The molecule has 0 aromatic carbocycles. The van der Waals surface area contributed by atoms with E-state index in [1.165, 1.54) is 0 Å². The van der Waals surface area contributed by atoms with Crippen LogP contribution in [0.3, 0.4) is 0 Å². The number of ether oxygens (including phenoxy) is 1. The first-order valence-electron chi connectivity index (χ1n) is 5.59. The van der Waals surface area contributed by atoms with Crippen LogP contribution in [-0.2, 0) is 0 Å². The third-order valence-electron chi connectivity index (χ3n) is 2.30. The molecule has 0 radical (unpaired) electrons. The van der Waals surface area contributed by atoms with Crippen LogP contribution in [0.4, 0.5) is 5.82 Å². The number of pyridine rings is 2. The lowest BCUT2D eigenvalue weighted by Crippen LogP contribution is -1.96. The van der Waals surface area contributed by atoms with Crippen molar-refractivity contribution < 1.29 is 4.74 Å². The van der Waals surface area contributed by atoms with E-state index in [1.54, 1.807) is 18.6 Å². The molecule has 88 valence electrons. The summed E-state index contributed by atoms with van der Waals surface area (Å²) in [6.07, 6.45) is 6.16. The van der Waals surface area contributed by atoms with E-state index in [4.69, 9.17) is 10.5 Å². The molecule has 0 fully saturated rings. The molecule has 4 nitrogen and oxygen atoms in total. The quantitative estimate of drug-likeness (QED) is 0.875. The molecule has 2 rings (SSSR count). The summed E-state index contributed by atoms with van der Waals surface area (Å²) in [5.74, 6) is 1.28. The van der Waals surface area contributed by atoms with Gasteiger partial charge in [0.1, 0.15) is 11.6 Å². The minimum absolute atomic E-state index is 0.502. The lowest BCUT2D eigenvalue weighted by molar-refractivity contribution is 0.316. The van der Waals surface area contributed by atoms with Crippen molar-refractivity contribution in [3.8, 4) is 16.9 Å². The monoisotopic (exact) mass is 229 g/mol. The number of hydrogen-bond donors (Lipinski definition) is 1. The van der Waals surface area contributed by atoms with Gasteiger partial charge in [-0.2, -0.15) is 0 Å². The maximum Gasteiger partial charge on any atom is 0.138 e. The highest BCUT2D eigenvalue weighted by atomic mass is 16.5. The maximum atomic E-state index is 5.65. The molecule has 2 aromatic rings. The van der Waals surface area contributed by atoms with Crippen LogP contribution in [0, 0.1) is 0 Å². The van der Waals surface area contributed by atoms with Gasteiger partial charge < -0.3 is 10.5 Å². The van der Waals surface area contributed by atoms with Crippen LogP contribution in [0.1, 0.15) is 13.3 Å². The molecule has 0 aliphatic heterocycles. The molecule has 0 saturated carbocycles. The summed E-state index contributed by atoms with van der Waals surface area (Å²) >= 11 is 0. The fraction of sp³-hybridized carbons (Fsp3) is 0.231. The molecule has 0 saturated heterocycles. The number of anilines is 1. The fourth-order valence-corrected chi connectivity index (χ4v) is 1.50. The van der Waals surface area contributed by atoms with Gasteiger partial charge >= 0.3 is 0 Å². The minimum atomic E-state index is 0.502. The van der Waals surface area contributed by atoms with Gasteiger partial charge in [-0.3, -0.25) is 4.98 Å². The Labute approximate surface area is 100 Å². The minimum Gasteiger partial charge on any atom is -0.492 e. The standard InChI is InChI=1S/C13H15N3O/c1-2-5-17-12-6-11(8-15-9-12)10-3-4-16-13(14)7-10/h3-4,6-9H,2,5H2,1H3,(H2,14,16). The predicted octanol–water partition coefficient (Wildman–Crippen LogP) is 2.51. The Hall–Kier alpha value is -2.10. The van der Waals surface area contributed by atoms with Crippen LogP contribution in [0.2, 0.25) is 0 Å². The lowest BCUT2D eigenvalue weighted by atomic mass is 10.1. The smallest absolute Gasteiger partial charge is 0.138 e. The Morgan fingerprint density at radius 3 is 2.88 bits per heavy atom. The normalized spacial score (nSPS) is 10.2. The fourth-order valence-electron chi connectivity index (χ4n) is 1.50. The molecule has 0 unspecified atom stereocenters. The third-order valence-corrected chi connectivity index (χ3v) is 2.30. The highest BCUT2D eigenvalue weighted by Crippen LogP contribution is 2.23. The van der Waals surface area contributed by atoms with Gasteiger partial charge in [-0.15, -0.1) is 0 Å². The summed E-state index contributed by atoms with van der Waals surface area (Å²) in [4.78, 5) is 8.12. The average Bonchev–Trinajstić information content (AvgIpc) is 2.37. The van der Waals surface area contributed by atoms with E-state index in [0.717, 1.165) is 23.3 Å². The molecule has 0 bridgehead atoms. The Bertz CT molecular complexity index is 500. The van der Waals surface area contributed by atoms with Crippen molar-refractivity contribution in [2.45, 2.75) is 13.3 Å². The SMILES string of the molecule is CCCOc1cncc(-c2ccnc(N)c2)c1. The zero-order valence-electron chi connectivity index (χ0n) is 9.76. The summed E-state index contributed by atoms with van der Waals surface area (Å²) in [5.41, 5.74) is 7.62. The van der Waals surface area contributed by atoms with Crippen molar-refractivity contribution in [2.24, 2.45) is 0 Å². The van der Waals surface area contributed by atoms with E-state index in [2.05, 4.69) is 16.9 Å². The second-order valence-electron chi connectivity index (χ2n) is 3.73. The Balaban J connectivity index is 2.26. The number of nitrogens with two attached hydrogens (primary N) is 1. The zero-order valence-corrected chi connectivity index (χ0v) is 9.76. The van der Waals surface area contributed by atoms with Crippen LogP contribution in [0.5, 0.6) is 5.75 Å². The topological polar surface area (TPSA) is 61.0 Å². The average molecular weight is 229 g/mol. The molecule has 0 amide bonds. The van der Waals surface area contributed by atoms with Crippen LogP contribution in [-0.4, -0.2) is 16.6 Å². The van der Waals surface area contributed by atoms with Crippen molar-refractivity contribution in [1.82, 2.24) is 9.97 Å². The van der Waals surface area contributed by atoms with Gasteiger partial charge in [-0.05, 0) is 30.2 Å². The number of hydrogen-bond acceptors (Lipinski definition) is 4. The second-order valence-corrected chi connectivity index (χ2v) is 3.73. The highest BCUT2D eigenvalue weighted by Gasteiger charge is 2.01. The molecule has 17 heavy (non-hydrogen) atoms. The molecule has 2 aromatic heterocycles. The van der Waals surface area contributed by atoms with Gasteiger partial charge in [0.05, 0.1) is 12.8 Å². The van der Waals surface area contributed by atoms with Gasteiger partial charge in [0.25, 0.3) is 0 Å². The van der Waals surface area contributed by atoms with Crippen LogP contribution >= 0.6 is 0 Å². The van der Waals surface area contributed by atoms with E-state index < -0.39 is 0 Å². The van der Waals surface area contributed by atoms with Crippen LogP contribution in [0.15, 0.2) is 36.8 Å². The van der Waals surface area contributed by atoms with E-state index >= 15 is 0 Å². The van der Waals surface area contributed by atoms with Crippen LogP contribution in [0.25, 0.3) is 11.1 Å². The molecule has 2 N–H and O–H groups in total. The van der Waals surface area contributed by atoms with Gasteiger partial charge in [0, 0.05) is 18.0 Å². The molecule has 4 heteroatoms. The Morgan fingerprint density at radius 2 is 2.12 bits per heavy atom. The van der Waals surface area contributed by atoms with Crippen molar-refractivity contribution in [2.75, 3.05) is 12.3 Å². The summed E-state index contributed by atoms with van der Waals surface area (Å²) in [6.45, 7) is 2.77. The number of nitrogen functional groups attached to an aromatic ring is 1. The molecule has 0 aliphatic rings. The summed E-state index contributed by atoms with van der Waals surface area (Å²) in [6, 6.07) is 5.68. The third kappa shape index (κ3) is 2.93. The first kappa shape index (κ1) is 11.4. The predicted molar refractivity (Wildman–Crippen MR) is 67.7 cm³/mol. The molecular formula is C13H15N3O. The molecule has 0 aliphatic carbocycles. The largest absolute Gasteiger partial charge is 0.492 e. The van der Waals surface area contributed by atoms with E-state index in [9.17, 15) is 0 Å². The van der Waals surface area contributed by atoms with Crippen LogP contribution < -0.4 is 10.5 Å². The molecule has 0 spiro atoms. The highest BCUT2D eigenvalue weighted by molar-refractivity contribution is 5.65. The van der Waals surface area contributed by atoms with Crippen molar-refractivity contribution in [3.63, 3.8) is 0 Å². The summed E-state index contributed by atoms with van der Waals surface area (Å²) < 4.78 is 5.54. The van der Waals surface area contributed by atoms with E-state index in [1.807, 2.05) is 18.2 Å². The van der Waals surface area contributed by atoms with Crippen molar-refractivity contribution in [1.29, 1.82) is 0 Å². The number of rotatable bonds is 4. The number of aromatic nitrogens is 2. The van der Waals surface area contributed by atoms with E-state index in [0.29, 0.717) is 12.4 Å². The maximum absolute atomic E-state index is 5.65. The second kappa shape index (κ2) is 5.30. The molecule has 0 atom stereocenters. The van der Waals surface area contributed by atoms with Gasteiger partial charge in [-0.25, -0.2) is 4.98 Å². The lowest BCUT2D eigenvalue weighted by Gasteiger charge is -2.06. The van der Waals surface area contributed by atoms with Crippen molar-refractivity contribution >= 4 is 5.82 Å². The van der Waals surface area contributed by atoms with Crippen molar-refractivity contribution in [3.05, 3.63) is 36.8 Å². The Morgan fingerprint density at radius 1 is 1.24 bits per heavy atom. The summed E-state index contributed by atoms with van der Waals surface area (Å²) in [5, 5.41) is 0. The molecule has 2 heterocycles. The first-order valence-corrected chi connectivity index (χ1v) is 5.59. The van der Waals surface area contributed by atoms with Gasteiger partial charge in [0.15, 0.2) is 0 Å². The Kier molecular flexibility index (Phi) is 3.55. The summed E-state index contributed by atoms with van der Waals surface area (Å²) in [7, 11) is 0. The molecular weight excluding hydrogens is 214 g/mol. The number of nitrogens with zero attached hydrogens (tertiary/aromatic N) is 2. The van der Waals surface area contributed by atoms with E-state index in [-0.39, 0.29) is 0 Å². The van der Waals surface area contributed by atoms with Gasteiger partial charge in [-0.1, -0.05) is 6.92 Å².